The number of hydrogen-bond acceptors (Lipinski definition) is 6. The van der Waals surface area contributed by atoms with Crippen LogP contribution in [0.5, 0.6) is 0 Å². The van der Waals surface area contributed by atoms with Crippen molar-refractivity contribution >= 4 is 45.5 Å². The van der Waals surface area contributed by atoms with Crippen LogP contribution < -0.4 is 5.32 Å². The molecule has 0 aliphatic rings. The Kier molecular flexibility index (Phi) is 4.36. The Morgan fingerprint density at radius 2 is 2.17 bits per heavy atom. The van der Waals surface area contributed by atoms with Crippen LogP contribution >= 0.6 is 34.4 Å². The molecule has 0 atom stereocenters. The molecule has 1 N–H and O–H groups in total. The van der Waals surface area contributed by atoms with E-state index in [1.54, 1.807) is 23.1 Å². The fourth-order valence-electron chi connectivity index (χ4n) is 1.46. The lowest BCUT2D eigenvalue weighted by Crippen LogP contribution is -2.11. The standard InChI is InChI=1S/C11H13N3OS3/c1-4-16-11-14-13-10(18-11)12-9(15)8-5-6(2)17-7(8)3/h5H,4H2,1-3H3,(H,12,13,15). The molecule has 0 aromatic carbocycles. The van der Waals surface area contributed by atoms with Crippen LogP contribution in [0.15, 0.2) is 10.4 Å². The number of aromatic nitrogens is 2. The van der Waals surface area contributed by atoms with Crippen LogP contribution in [0.3, 0.4) is 0 Å². The molecule has 0 fully saturated rings. The monoisotopic (exact) mass is 299 g/mol. The van der Waals surface area contributed by atoms with E-state index < -0.39 is 0 Å². The Morgan fingerprint density at radius 3 is 2.78 bits per heavy atom. The fourth-order valence-corrected chi connectivity index (χ4v) is 4.03. The van der Waals surface area contributed by atoms with E-state index in [0.717, 1.165) is 25.4 Å². The Hall–Kier alpha value is -0.920. The fraction of sp³-hybridized carbons (Fsp3) is 0.364. The van der Waals surface area contributed by atoms with E-state index in [1.165, 1.54) is 11.3 Å². The average molecular weight is 299 g/mol. The highest BCUT2D eigenvalue weighted by Gasteiger charge is 2.14. The van der Waals surface area contributed by atoms with Gasteiger partial charge in [0.25, 0.3) is 5.91 Å². The number of nitrogens with zero attached hydrogens (tertiary/aromatic N) is 2. The van der Waals surface area contributed by atoms with Crippen molar-refractivity contribution in [3.8, 4) is 0 Å². The van der Waals surface area contributed by atoms with Gasteiger partial charge in [0.15, 0.2) is 4.34 Å². The van der Waals surface area contributed by atoms with Crippen LogP contribution in [0.1, 0.15) is 27.0 Å². The molecule has 1 amide bonds. The van der Waals surface area contributed by atoms with Gasteiger partial charge in [-0.05, 0) is 25.7 Å². The molecule has 0 spiro atoms. The van der Waals surface area contributed by atoms with Gasteiger partial charge in [0.1, 0.15) is 0 Å². The lowest BCUT2D eigenvalue weighted by molar-refractivity contribution is 0.102. The second kappa shape index (κ2) is 5.81. The maximum atomic E-state index is 12.0. The molecule has 2 heterocycles. The number of carbonyl (C=O) groups is 1. The smallest absolute Gasteiger partial charge is 0.258 e. The molecular formula is C11H13N3OS3. The Bertz CT molecular complexity index is 562. The van der Waals surface area contributed by atoms with E-state index >= 15 is 0 Å². The highest BCUT2D eigenvalue weighted by molar-refractivity contribution is 8.01. The predicted octanol–water partition coefficient (Wildman–Crippen LogP) is 3.58. The summed E-state index contributed by atoms with van der Waals surface area (Å²) in [6.45, 7) is 6.00. The van der Waals surface area contributed by atoms with Gasteiger partial charge in [-0.2, -0.15) is 0 Å². The maximum Gasteiger partial charge on any atom is 0.258 e. The molecule has 0 unspecified atom stereocenters. The molecule has 96 valence electrons. The van der Waals surface area contributed by atoms with Gasteiger partial charge in [0.2, 0.25) is 5.13 Å². The number of rotatable bonds is 4. The molecule has 0 saturated carbocycles. The van der Waals surface area contributed by atoms with Crippen molar-refractivity contribution in [2.24, 2.45) is 0 Å². The van der Waals surface area contributed by atoms with E-state index in [-0.39, 0.29) is 5.91 Å². The van der Waals surface area contributed by atoms with Gasteiger partial charge >= 0.3 is 0 Å². The van der Waals surface area contributed by atoms with Crippen molar-refractivity contribution in [1.82, 2.24) is 10.2 Å². The molecular weight excluding hydrogens is 286 g/mol. The summed E-state index contributed by atoms with van der Waals surface area (Å²) in [6, 6.07) is 1.90. The number of nitrogens with one attached hydrogen (secondary N) is 1. The zero-order valence-electron chi connectivity index (χ0n) is 10.3. The van der Waals surface area contributed by atoms with Gasteiger partial charge < -0.3 is 0 Å². The summed E-state index contributed by atoms with van der Waals surface area (Å²) in [7, 11) is 0. The second-order valence-corrected chi connectivity index (χ2v) is 7.54. The molecule has 0 radical (unpaired) electrons. The molecule has 4 nitrogen and oxygen atoms in total. The first-order valence-corrected chi connectivity index (χ1v) is 8.06. The Morgan fingerprint density at radius 1 is 1.39 bits per heavy atom. The van der Waals surface area contributed by atoms with Crippen molar-refractivity contribution in [2.45, 2.75) is 25.1 Å². The number of carbonyl (C=O) groups excluding carboxylic acids is 1. The van der Waals surface area contributed by atoms with Crippen LogP contribution in [-0.2, 0) is 0 Å². The molecule has 2 rings (SSSR count). The van der Waals surface area contributed by atoms with E-state index in [9.17, 15) is 4.79 Å². The minimum Gasteiger partial charge on any atom is -0.296 e. The van der Waals surface area contributed by atoms with Crippen molar-refractivity contribution in [1.29, 1.82) is 0 Å². The van der Waals surface area contributed by atoms with E-state index in [4.69, 9.17) is 0 Å². The Labute approximate surface area is 118 Å². The van der Waals surface area contributed by atoms with Gasteiger partial charge in [-0.15, -0.1) is 21.5 Å². The minimum absolute atomic E-state index is 0.110. The third kappa shape index (κ3) is 3.09. The van der Waals surface area contributed by atoms with E-state index in [2.05, 4.69) is 22.4 Å². The summed E-state index contributed by atoms with van der Waals surface area (Å²) < 4.78 is 0.881. The molecule has 2 aromatic rings. The maximum absolute atomic E-state index is 12.0. The van der Waals surface area contributed by atoms with Gasteiger partial charge in [0.05, 0.1) is 5.56 Å². The number of aryl methyl sites for hydroxylation is 2. The van der Waals surface area contributed by atoms with Crippen molar-refractivity contribution in [3.05, 3.63) is 21.4 Å². The first kappa shape index (κ1) is 13.5. The van der Waals surface area contributed by atoms with E-state index in [1.807, 2.05) is 19.9 Å². The zero-order chi connectivity index (χ0) is 13.1. The summed E-state index contributed by atoms with van der Waals surface area (Å²) in [5, 5.41) is 11.3. The van der Waals surface area contributed by atoms with Gasteiger partial charge in [-0.25, -0.2) is 0 Å². The second-order valence-electron chi connectivity index (χ2n) is 3.59. The molecule has 0 saturated heterocycles. The van der Waals surface area contributed by atoms with Crippen LogP contribution in [0.4, 0.5) is 5.13 Å². The Balaban J connectivity index is 2.08. The number of amides is 1. The minimum atomic E-state index is -0.110. The number of hydrogen-bond donors (Lipinski definition) is 1. The van der Waals surface area contributed by atoms with Crippen LogP contribution in [0.25, 0.3) is 0 Å². The summed E-state index contributed by atoms with van der Waals surface area (Å²) in [6.07, 6.45) is 0. The molecule has 7 heteroatoms. The molecule has 0 bridgehead atoms. The SMILES string of the molecule is CCSc1nnc(NC(=O)c2cc(C)sc2C)s1. The van der Waals surface area contributed by atoms with Crippen LogP contribution in [0.2, 0.25) is 0 Å². The number of thiophene rings is 1. The predicted molar refractivity (Wildman–Crippen MR) is 78.1 cm³/mol. The first-order valence-electron chi connectivity index (χ1n) is 5.45. The molecule has 18 heavy (non-hydrogen) atoms. The third-order valence-electron chi connectivity index (χ3n) is 2.18. The van der Waals surface area contributed by atoms with Crippen LogP contribution in [-0.4, -0.2) is 21.9 Å². The summed E-state index contributed by atoms with van der Waals surface area (Å²) in [5.74, 6) is 0.840. The molecule has 0 aliphatic carbocycles. The summed E-state index contributed by atoms with van der Waals surface area (Å²) >= 11 is 4.65. The highest BCUT2D eigenvalue weighted by Crippen LogP contribution is 2.26. The van der Waals surface area contributed by atoms with Crippen molar-refractivity contribution in [3.63, 3.8) is 0 Å². The highest BCUT2D eigenvalue weighted by atomic mass is 32.2. The lowest BCUT2D eigenvalue weighted by atomic mass is 10.2. The lowest BCUT2D eigenvalue weighted by Gasteiger charge is -1.99. The van der Waals surface area contributed by atoms with Crippen molar-refractivity contribution in [2.75, 3.05) is 11.1 Å². The molecule has 2 aromatic heterocycles. The number of thioether (sulfide) groups is 1. The zero-order valence-corrected chi connectivity index (χ0v) is 12.8. The van der Waals surface area contributed by atoms with Gasteiger partial charge in [0, 0.05) is 9.75 Å². The van der Waals surface area contributed by atoms with Crippen molar-refractivity contribution < 1.29 is 4.79 Å². The largest absolute Gasteiger partial charge is 0.296 e. The normalized spacial score (nSPS) is 10.6. The summed E-state index contributed by atoms with van der Waals surface area (Å²) in [4.78, 5) is 14.2. The van der Waals surface area contributed by atoms with Gasteiger partial charge in [-0.3, -0.25) is 10.1 Å². The third-order valence-corrected chi connectivity index (χ3v) is 5.00. The first-order chi connectivity index (χ1) is 8.60. The summed E-state index contributed by atoms with van der Waals surface area (Å²) in [5.41, 5.74) is 0.720. The van der Waals surface area contributed by atoms with E-state index in [0.29, 0.717) is 5.13 Å². The quantitative estimate of drug-likeness (QED) is 0.692. The number of anilines is 1. The average Bonchev–Trinajstić information content (AvgIpc) is 2.86. The van der Waals surface area contributed by atoms with Gasteiger partial charge in [-0.1, -0.05) is 30.0 Å². The molecule has 0 aliphatic heterocycles. The topological polar surface area (TPSA) is 54.9 Å². The van der Waals surface area contributed by atoms with Crippen LogP contribution in [0, 0.1) is 13.8 Å².